The summed E-state index contributed by atoms with van der Waals surface area (Å²) in [5, 5.41) is 9.40. The first-order valence-corrected chi connectivity index (χ1v) is 4.71. The van der Waals surface area contributed by atoms with Gasteiger partial charge in [-0.3, -0.25) is 0 Å². The van der Waals surface area contributed by atoms with Gasteiger partial charge in [-0.1, -0.05) is 13.0 Å². The topological polar surface area (TPSA) is 20.2 Å². The van der Waals surface area contributed by atoms with Gasteiger partial charge in [-0.25, -0.2) is 0 Å². The molecule has 1 nitrogen and oxygen atoms in total. The van der Waals surface area contributed by atoms with Gasteiger partial charge in [0, 0.05) is 0 Å². The van der Waals surface area contributed by atoms with Gasteiger partial charge < -0.3 is 5.11 Å². The van der Waals surface area contributed by atoms with Gasteiger partial charge in [0.25, 0.3) is 0 Å². The predicted molar refractivity (Wildman–Crippen MR) is 54.9 cm³/mol. The van der Waals surface area contributed by atoms with Crippen LogP contribution in [-0.2, 0) is 6.42 Å². The van der Waals surface area contributed by atoms with Crippen LogP contribution in [0.1, 0.15) is 18.1 Å². The van der Waals surface area contributed by atoms with E-state index in [1.165, 1.54) is 5.56 Å². The molecule has 1 aromatic carbocycles. The molecule has 0 aromatic heterocycles. The van der Waals surface area contributed by atoms with E-state index in [1.807, 2.05) is 13.0 Å². The number of benzene rings is 1. The fourth-order valence-corrected chi connectivity index (χ4v) is 1.34. The van der Waals surface area contributed by atoms with Gasteiger partial charge in [0.15, 0.2) is 0 Å². The van der Waals surface area contributed by atoms with Crippen molar-refractivity contribution in [2.75, 3.05) is 0 Å². The molecule has 1 aromatic rings. The summed E-state index contributed by atoms with van der Waals surface area (Å²) in [5.41, 5.74) is 2.35. The Morgan fingerprint density at radius 1 is 1.45 bits per heavy atom. The van der Waals surface area contributed by atoms with Crippen molar-refractivity contribution < 1.29 is 5.11 Å². The van der Waals surface area contributed by atoms with Gasteiger partial charge in [0.2, 0.25) is 0 Å². The monoisotopic (exact) mass is 262 g/mol. The number of phenols is 1. The Hall–Kier alpha value is -0.250. The van der Waals surface area contributed by atoms with Crippen LogP contribution in [-0.4, -0.2) is 5.11 Å². The number of hydrogen-bond donors (Lipinski definition) is 1. The highest BCUT2D eigenvalue weighted by atomic mass is 127. The molecule has 0 fully saturated rings. The largest absolute Gasteiger partial charge is 0.507 e. The molecule has 0 saturated heterocycles. The van der Waals surface area contributed by atoms with E-state index < -0.39 is 0 Å². The van der Waals surface area contributed by atoms with E-state index >= 15 is 0 Å². The van der Waals surface area contributed by atoms with Gasteiger partial charge in [-0.15, -0.1) is 0 Å². The Bertz CT molecular complexity index is 245. The second kappa shape index (κ2) is 3.43. The smallest absolute Gasteiger partial charge is 0.129 e. The van der Waals surface area contributed by atoms with Crippen LogP contribution in [0.2, 0.25) is 0 Å². The lowest BCUT2D eigenvalue weighted by Crippen LogP contribution is -1.86. The number of phenolic OH excluding ortho intramolecular Hbond substituents is 1. The highest BCUT2D eigenvalue weighted by Gasteiger charge is 2.02. The van der Waals surface area contributed by atoms with Crippen LogP contribution in [0.25, 0.3) is 0 Å². The zero-order chi connectivity index (χ0) is 8.43. The highest BCUT2D eigenvalue weighted by Crippen LogP contribution is 2.24. The van der Waals surface area contributed by atoms with Gasteiger partial charge >= 0.3 is 0 Å². The molecule has 0 unspecified atom stereocenters. The number of aryl methyl sites for hydroxylation is 2. The summed E-state index contributed by atoms with van der Waals surface area (Å²) in [7, 11) is 0. The average Bonchev–Trinajstić information content (AvgIpc) is 1.99. The van der Waals surface area contributed by atoms with E-state index in [1.54, 1.807) is 0 Å². The van der Waals surface area contributed by atoms with E-state index in [-0.39, 0.29) is 0 Å². The van der Waals surface area contributed by atoms with Crippen molar-refractivity contribution in [3.05, 3.63) is 26.8 Å². The van der Waals surface area contributed by atoms with Crippen LogP contribution in [0.5, 0.6) is 5.75 Å². The molecule has 0 amide bonds. The normalized spacial score (nSPS) is 10.1. The van der Waals surface area contributed by atoms with Gasteiger partial charge in [0.05, 0.1) is 3.57 Å². The van der Waals surface area contributed by atoms with Crippen LogP contribution < -0.4 is 0 Å². The van der Waals surface area contributed by atoms with Crippen LogP contribution >= 0.6 is 22.6 Å². The number of halogens is 1. The lowest BCUT2D eigenvalue weighted by Gasteiger charge is -2.04. The third-order valence-electron chi connectivity index (χ3n) is 1.70. The molecule has 1 N–H and O–H groups in total. The fraction of sp³-hybridized carbons (Fsp3) is 0.333. The van der Waals surface area contributed by atoms with Gasteiger partial charge in [-0.2, -0.15) is 0 Å². The van der Waals surface area contributed by atoms with Crippen LogP contribution in [0, 0.1) is 10.5 Å². The van der Waals surface area contributed by atoms with E-state index in [9.17, 15) is 5.11 Å². The first-order valence-electron chi connectivity index (χ1n) is 3.63. The zero-order valence-electron chi connectivity index (χ0n) is 6.69. The van der Waals surface area contributed by atoms with Crippen molar-refractivity contribution in [2.45, 2.75) is 20.3 Å². The van der Waals surface area contributed by atoms with Crippen LogP contribution in [0.15, 0.2) is 12.1 Å². The lowest BCUT2D eigenvalue weighted by molar-refractivity contribution is 0.470. The zero-order valence-corrected chi connectivity index (χ0v) is 8.84. The molecule has 0 radical (unpaired) electrons. The fourth-order valence-electron chi connectivity index (χ4n) is 1.03. The highest BCUT2D eigenvalue weighted by molar-refractivity contribution is 14.1. The maximum atomic E-state index is 9.40. The van der Waals surface area contributed by atoms with E-state index in [2.05, 4.69) is 35.6 Å². The minimum Gasteiger partial charge on any atom is -0.507 e. The van der Waals surface area contributed by atoms with Crippen LogP contribution in [0.3, 0.4) is 0 Å². The molecular weight excluding hydrogens is 251 g/mol. The molecule has 60 valence electrons. The molecule has 11 heavy (non-hydrogen) atoms. The maximum absolute atomic E-state index is 9.40. The standard InChI is InChI=1S/C9H11IO/c1-3-7-4-6(2)9(10)8(11)5-7/h4-5,11H,3H2,1-2H3. The quantitative estimate of drug-likeness (QED) is 0.771. The van der Waals surface area contributed by atoms with Crippen molar-refractivity contribution in [1.82, 2.24) is 0 Å². The Balaban J connectivity index is 3.21. The Morgan fingerprint density at radius 3 is 2.55 bits per heavy atom. The summed E-state index contributed by atoms with van der Waals surface area (Å²) in [4.78, 5) is 0. The molecule has 0 aliphatic carbocycles. The molecule has 0 heterocycles. The predicted octanol–water partition coefficient (Wildman–Crippen LogP) is 2.87. The molecule has 0 spiro atoms. The summed E-state index contributed by atoms with van der Waals surface area (Å²) in [6.45, 7) is 4.10. The number of rotatable bonds is 1. The van der Waals surface area contributed by atoms with Crippen molar-refractivity contribution >= 4 is 22.6 Å². The third-order valence-corrected chi connectivity index (χ3v) is 3.11. The summed E-state index contributed by atoms with van der Waals surface area (Å²) < 4.78 is 0.958. The Morgan fingerprint density at radius 2 is 2.09 bits per heavy atom. The second-order valence-corrected chi connectivity index (χ2v) is 3.68. The van der Waals surface area contributed by atoms with E-state index in [4.69, 9.17) is 0 Å². The molecule has 2 heteroatoms. The van der Waals surface area contributed by atoms with Crippen LogP contribution in [0.4, 0.5) is 0 Å². The summed E-state index contributed by atoms with van der Waals surface area (Å²) in [5.74, 6) is 0.405. The third kappa shape index (κ3) is 1.86. The van der Waals surface area contributed by atoms with Gasteiger partial charge in [0.1, 0.15) is 5.75 Å². The van der Waals surface area contributed by atoms with E-state index in [0.717, 1.165) is 15.6 Å². The molecular formula is C9H11IO. The number of hydrogen-bond acceptors (Lipinski definition) is 1. The molecule has 0 aliphatic rings. The maximum Gasteiger partial charge on any atom is 0.129 e. The first-order chi connectivity index (χ1) is 5.15. The summed E-state index contributed by atoms with van der Waals surface area (Å²) >= 11 is 2.15. The Kier molecular flexibility index (Phi) is 2.76. The summed E-state index contributed by atoms with van der Waals surface area (Å²) in [6.07, 6.45) is 0.977. The molecule has 0 bridgehead atoms. The van der Waals surface area contributed by atoms with Crippen molar-refractivity contribution in [2.24, 2.45) is 0 Å². The minimum atomic E-state index is 0.405. The number of aromatic hydroxyl groups is 1. The second-order valence-electron chi connectivity index (χ2n) is 2.60. The Labute approximate surface area is 80.6 Å². The van der Waals surface area contributed by atoms with Crippen molar-refractivity contribution in [3.8, 4) is 5.75 Å². The molecule has 1 rings (SSSR count). The van der Waals surface area contributed by atoms with Crippen molar-refractivity contribution in [3.63, 3.8) is 0 Å². The molecule has 0 aliphatic heterocycles. The minimum absolute atomic E-state index is 0.405. The SMILES string of the molecule is CCc1cc(C)c(I)c(O)c1. The van der Waals surface area contributed by atoms with Crippen molar-refractivity contribution in [1.29, 1.82) is 0 Å². The average molecular weight is 262 g/mol. The molecule has 0 atom stereocenters. The first kappa shape index (κ1) is 8.84. The summed E-state index contributed by atoms with van der Waals surface area (Å²) in [6, 6.07) is 3.94. The lowest BCUT2D eigenvalue weighted by atomic mass is 10.1. The van der Waals surface area contributed by atoms with Gasteiger partial charge in [-0.05, 0) is 53.1 Å². The molecule has 0 saturated carbocycles. The van der Waals surface area contributed by atoms with E-state index in [0.29, 0.717) is 5.75 Å².